The molecule has 0 amide bonds. The van der Waals surface area contributed by atoms with Crippen LogP contribution in [0.5, 0.6) is 0 Å². The van der Waals surface area contributed by atoms with Gasteiger partial charge in [0, 0.05) is 32.3 Å². The summed E-state index contributed by atoms with van der Waals surface area (Å²) in [6.45, 7) is 9.53. The Morgan fingerprint density at radius 3 is 2.83 bits per heavy atom. The fourth-order valence-corrected chi connectivity index (χ4v) is 4.03. The maximum atomic E-state index is 5.52. The second-order valence-electron chi connectivity index (χ2n) is 7.89. The molecule has 1 unspecified atom stereocenters. The summed E-state index contributed by atoms with van der Waals surface area (Å²) >= 11 is 0. The lowest BCUT2D eigenvalue weighted by Crippen LogP contribution is -2.46. The Balaban J connectivity index is 1.59. The molecule has 1 aliphatic heterocycles. The highest BCUT2D eigenvalue weighted by molar-refractivity contribution is 4.96. The van der Waals surface area contributed by atoms with Gasteiger partial charge in [-0.15, -0.1) is 0 Å². The molecule has 6 heteroatoms. The monoisotopic (exact) mass is 321 g/mol. The van der Waals surface area contributed by atoms with Crippen LogP contribution in [0, 0.1) is 0 Å². The van der Waals surface area contributed by atoms with Crippen molar-refractivity contribution in [3.05, 3.63) is 12.2 Å². The third-order valence-corrected chi connectivity index (χ3v) is 5.23. The summed E-state index contributed by atoms with van der Waals surface area (Å²) in [6.07, 6.45) is 7.10. The minimum Gasteiger partial charge on any atom is -0.380 e. The third-order valence-electron chi connectivity index (χ3n) is 5.23. The van der Waals surface area contributed by atoms with Crippen LogP contribution in [0.1, 0.15) is 52.3 Å². The van der Waals surface area contributed by atoms with Crippen LogP contribution >= 0.6 is 0 Å². The number of nitrogens with zero attached hydrogens (tertiary/aromatic N) is 4. The van der Waals surface area contributed by atoms with Crippen molar-refractivity contribution in [2.24, 2.45) is 0 Å². The van der Waals surface area contributed by atoms with Crippen LogP contribution in [0.15, 0.2) is 6.33 Å². The number of methoxy groups -OCH3 is 1. The van der Waals surface area contributed by atoms with E-state index in [1.807, 2.05) is 11.8 Å². The molecule has 1 aliphatic carbocycles. The summed E-state index contributed by atoms with van der Waals surface area (Å²) in [5.74, 6) is 1.03. The highest BCUT2D eigenvalue weighted by Gasteiger charge is 2.36. The van der Waals surface area contributed by atoms with Gasteiger partial charge < -0.3 is 10.1 Å². The number of rotatable bonds is 5. The van der Waals surface area contributed by atoms with Gasteiger partial charge in [-0.3, -0.25) is 4.90 Å². The van der Waals surface area contributed by atoms with Gasteiger partial charge >= 0.3 is 0 Å². The lowest BCUT2D eigenvalue weighted by Gasteiger charge is -2.30. The Kier molecular flexibility index (Phi) is 5.04. The van der Waals surface area contributed by atoms with Crippen LogP contribution < -0.4 is 5.32 Å². The molecule has 1 N–H and O–H groups in total. The Labute approximate surface area is 139 Å². The molecule has 2 aliphatic rings. The van der Waals surface area contributed by atoms with Gasteiger partial charge in [0.25, 0.3) is 0 Å². The number of hydrogen-bond acceptors (Lipinski definition) is 5. The summed E-state index contributed by atoms with van der Waals surface area (Å²) in [7, 11) is 1.83. The van der Waals surface area contributed by atoms with Crippen molar-refractivity contribution in [3.63, 3.8) is 0 Å². The van der Waals surface area contributed by atoms with E-state index in [4.69, 9.17) is 4.74 Å². The molecule has 0 spiro atoms. The molecular weight excluding hydrogens is 290 g/mol. The van der Waals surface area contributed by atoms with Crippen molar-refractivity contribution in [1.82, 2.24) is 25.0 Å². The van der Waals surface area contributed by atoms with E-state index in [0.717, 1.165) is 25.3 Å². The molecule has 6 nitrogen and oxygen atoms in total. The van der Waals surface area contributed by atoms with Crippen LogP contribution in [-0.4, -0.2) is 58.1 Å². The van der Waals surface area contributed by atoms with E-state index in [0.29, 0.717) is 18.2 Å². The molecule has 0 radical (unpaired) electrons. The standard InChI is InChI=1S/C17H31N5O/c1-17(2,3)22-16(19-12-20-22)10-18-14-6-5-7-15(14)21-9-8-13(11-21)23-4/h12-15,18H,5-11H2,1-4H3/t13?,14-,15+/m1/s1. The van der Waals surface area contributed by atoms with Gasteiger partial charge in [0.15, 0.2) is 0 Å². The zero-order valence-corrected chi connectivity index (χ0v) is 15.0. The number of likely N-dealkylation sites (tertiary alicyclic amines) is 1. The minimum absolute atomic E-state index is 0.0246. The summed E-state index contributed by atoms with van der Waals surface area (Å²) in [5.41, 5.74) is -0.0246. The number of aromatic nitrogens is 3. The van der Waals surface area contributed by atoms with E-state index in [1.54, 1.807) is 6.33 Å². The van der Waals surface area contributed by atoms with Gasteiger partial charge in [0.1, 0.15) is 12.2 Å². The molecule has 23 heavy (non-hydrogen) atoms. The minimum atomic E-state index is -0.0246. The molecule has 0 aromatic carbocycles. The summed E-state index contributed by atoms with van der Waals surface area (Å²) in [6, 6.07) is 1.19. The Hall–Kier alpha value is -0.980. The first-order valence-corrected chi connectivity index (χ1v) is 8.88. The predicted octanol–water partition coefficient (Wildman–Crippen LogP) is 1.76. The highest BCUT2D eigenvalue weighted by atomic mass is 16.5. The second-order valence-corrected chi connectivity index (χ2v) is 7.89. The van der Waals surface area contributed by atoms with Crippen molar-refractivity contribution >= 4 is 0 Å². The summed E-state index contributed by atoms with van der Waals surface area (Å²) in [4.78, 5) is 7.07. The lowest BCUT2D eigenvalue weighted by molar-refractivity contribution is 0.0978. The molecule has 2 heterocycles. The smallest absolute Gasteiger partial charge is 0.141 e. The average Bonchev–Trinajstić information content (AvgIpc) is 3.23. The van der Waals surface area contributed by atoms with Gasteiger partial charge in [-0.1, -0.05) is 6.42 Å². The third kappa shape index (κ3) is 3.75. The Bertz CT molecular complexity index is 509. The number of nitrogens with one attached hydrogen (secondary N) is 1. The van der Waals surface area contributed by atoms with E-state index in [2.05, 4.69) is 41.1 Å². The van der Waals surface area contributed by atoms with E-state index in [9.17, 15) is 0 Å². The quantitative estimate of drug-likeness (QED) is 0.896. The fraction of sp³-hybridized carbons (Fsp3) is 0.882. The normalized spacial score (nSPS) is 29.5. The zero-order valence-electron chi connectivity index (χ0n) is 15.0. The highest BCUT2D eigenvalue weighted by Crippen LogP contribution is 2.28. The maximum absolute atomic E-state index is 5.52. The van der Waals surface area contributed by atoms with E-state index < -0.39 is 0 Å². The van der Waals surface area contributed by atoms with Crippen molar-refractivity contribution < 1.29 is 4.74 Å². The largest absolute Gasteiger partial charge is 0.380 e. The molecule has 2 fully saturated rings. The molecule has 3 rings (SSSR count). The first-order valence-electron chi connectivity index (χ1n) is 8.88. The first-order chi connectivity index (χ1) is 11.0. The van der Waals surface area contributed by atoms with E-state index >= 15 is 0 Å². The van der Waals surface area contributed by atoms with Crippen LogP contribution in [-0.2, 0) is 16.8 Å². The van der Waals surface area contributed by atoms with E-state index in [-0.39, 0.29) is 5.54 Å². The number of hydrogen-bond donors (Lipinski definition) is 1. The van der Waals surface area contributed by atoms with Gasteiger partial charge in [-0.05, 0) is 40.0 Å². The Morgan fingerprint density at radius 1 is 1.30 bits per heavy atom. The van der Waals surface area contributed by atoms with Crippen LogP contribution in [0.25, 0.3) is 0 Å². The first kappa shape index (κ1) is 16.9. The van der Waals surface area contributed by atoms with Gasteiger partial charge in [-0.2, -0.15) is 5.10 Å². The van der Waals surface area contributed by atoms with Crippen molar-refractivity contribution in [2.75, 3.05) is 20.2 Å². The molecule has 1 aromatic rings. The SMILES string of the molecule is COC1CCN([C@H]2CCC[C@H]2NCc2ncnn2C(C)(C)C)C1. The van der Waals surface area contributed by atoms with Gasteiger partial charge in [0.2, 0.25) is 0 Å². The Morgan fingerprint density at radius 2 is 2.13 bits per heavy atom. The summed E-state index contributed by atoms with van der Waals surface area (Å²) < 4.78 is 7.55. The van der Waals surface area contributed by atoms with Crippen LogP contribution in [0.2, 0.25) is 0 Å². The van der Waals surface area contributed by atoms with E-state index in [1.165, 1.54) is 25.8 Å². The molecule has 3 atom stereocenters. The lowest BCUT2D eigenvalue weighted by atomic mass is 10.1. The maximum Gasteiger partial charge on any atom is 0.141 e. The van der Waals surface area contributed by atoms with Crippen LogP contribution in [0.3, 0.4) is 0 Å². The van der Waals surface area contributed by atoms with Gasteiger partial charge in [-0.25, -0.2) is 9.67 Å². The second kappa shape index (κ2) is 6.87. The average molecular weight is 321 g/mol. The molecular formula is C17H31N5O. The van der Waals surface area contributed by atoms with Crippen LogP contribution in [0.4, 0.5) is 0 Å². The topological polar surface area (TPSA) is 55.2 Å². The molecule has 130 valence electrons. The molecule has 0 bridgehead atoms. The zero-order chi connectivity index (χ0) is 16.4. The molecule has 1 saturated heterocycles. The summed E-state index contributed by atoms with van der Waals surface area (Å²) in [5, 5.41) is 8.14. The predicted molar refractivity (Wildman–Crippen MR) is 90.3 cm³/mol. The molecule has 1 aromatic heterocycles. The molecule has 1 saturated carbocycles. The number of ether oxygens (including phenoxy) is 1. The van der Waals surface area contributed by atoms with Crippen molar-refractivity contribution in [1.29, 1.82) is 0 Å². The van der Waals surface area contributed by atoms with Gasteiger partial charge in [0.05, 0.1) is 18.2 Å². The van der Waals surface area contributed by atoms with Crippen molar-refractivity contribution in [2.45, 2.75) is 76.7 Å². The van der Waals surface area contributed by atoms with Crippen molar-refractivity contribution in [3.8, 4) is 0 Å². The fourth-order valence-electron chi connectivity index (χ4n) is 4.03.